The Kier molecular flexibility index (Phi) is 5.34. The molecule has 3 heterocycles. The van der Waals surface area contributed by atoms with Crippen molar-refractivity contribution in [1.29, 1.82) is 0 Å². The van der Waals surface area contributed by atoms with Crippen molar-refractivity contribution in [2.75, 3.05) is 11.9 Å². The van der Waals surface area contributed by atoms with Crippen molar-refractivity contribution >= 4 is 33.0 Å². The summed E-state index contributed by atoms with van der Waals surface area (Å²) >= 11 is 0.951. The monoisotopic (exact) mass is 454 g/mol. The molecule has 1 atom stereocenters. The standard InChI is InChI=1S/C17H16F2N6O3S2/c1-24-8-14(20-9-24)30(27,28)25-6-2-3-13(25)16-22-23-17(29-16)15(26)21-10-4-5-11(18)12(19)7-10/h4-5,7-9,13H,2-3,6H2,1H3,(H,21,26)/t13-/m1/s1. The van der Waals surface area contributed by atoms with Gasteiger partial charge in [0.15, 0.2) is 16.7 Å². The fourth-order valence-corrected chi connectivity index (χ4v) is 5.72. The van der Waals surface area contributed by atoms with Crippen LogP contribution in [0.2, 0.25) is 0 Å². The molecule has 0 bridgehead atoms. The van der Waals surface area contributed by atoms with Gasteiger partial charge in [-0.3, -0.25) is 4.79 Å². The summed E-state index contributed by atoms with van der Waals surface area (Å²) in [5, 5.41) is 10.6. The SMILES string of the molecule is Cn1cnc(S(=O)(=O)N2CCC[C@@H]2c2nnc(C(=O)Nc3ccc(F)c(F)c3)s2)c1. The molecule has 158 valence electrons. The maximum absolute atomic E-state index is 13.3. The van der Waals surface area contributed by atoms with E-state index in [2.05, 4.69) is 20.5 Å². The fourth-order valence-electron chi connectivity index (χ4n) is 3.14. The lowest BCUT2D eigenvalue weighted by molar-refractivity contribution is 0.102. The van der Waals surface area contributed by atoms with Gasteiger partial charge in [0, 0.05) is 31.5 Å². The number of hydrogen-bond donors (Lipinski definition) is 1. The smallest absolute Gasteiger partial charge is 0.286 e. The van der Waals surface area contributed by atoms with Gasteiger partial charge in [0.2, 0.25) is 5.01 Å². The van der Waals surface area contributed by atoms with Crippen molar-refractivity contribution in [3.8, 4) is 0 Å². The summed E-state index contributed by atoms with van der Waals surface area (Å²) in [4.78, 5) is 16.3. The molecule has 4 rings (SSSR count). The minimum Gasteiger partial charge on any atom is -0.339 e. The van der Waals surface area contributed by atoms with Crippen molar-refractivity contribution < 1.29 is 22.0 Å². The maximum atomic E-state index is 13.3. The first kappa shape index (κ1) is 20.5. The average molecular weight is 454 g/mol. The molecule has 1 saturated heterocycles. The van der Waals surface area contributed by atoms with Gasteiger partial charge >= 0.3 is 0 Å². The molecule has 0 saturated carbocycles. The first-order valence-corrected chi connectivity index (χ1v) is 11.1. The van der Waals surface area contributed by atoms with Crippen LogP contribution in [0.1, 0.15) is 33.7 Å². The maximum Gasteiger partial charge on any atom is 0.286 e. The normalized spacial score (nSPS) is 17.4. The quantitative estimate of drug-likeness (QED) is 0.634. The Morgan fingerprint density at radius 2 is 2.07 bits per heavy atom. The first-order valence-electron chi connectivity index (χ1n) is 8.85. The number of halogens is 2. The molecular formula is C17H16F2N6O3S2. The molecule has 0 aliphatic carbocycles. The molecule has 1 aliphatic rings. The predicted octanol–water partition coefficient (Wildman–Crippen LogP) is 2.33. The molecule has 3 aromatic rings. The van der Waals surface area contributed by atoms with E-state index < -0.39 is 33.6 Å². The summed E-state index contributed by atoms with van der Waals surface area (Å²) in [7, 11) is -2.14. The number of aromatic nitrogens is 4. The van der Waals surface area contributed by atoms with Gasteiger partial charge < -0.3 is 9.88 Å². The van der Waals surface area contributed by atoms with Gasteiger partial charge in [0.25, 0.3) is 15.9 Å². The molecule has 9 nitrogen and oxygen atoms in total. The highest BCUT2D eigenvalue weighted by Crippen LogP contribution is 2.37. The second kappa shape index (κ2) is 7.81. The van der Waals surface area contributed by atoms with Gasteiger partial charge in [-0.2, -0.15) is 4.31 Å². The molecular weight excluding hydrogens is 438 g/mol. The summed E-state index contributed by atoms with van der Waals surface area (Å²) in [6.45, 7) is 0.305. The Labute approximate surface area is 174 Å². The van der Waals surface area contributed by atoms with Crippen LogP contribution in [-0.2, 0) is 17.1 Å². The molecule has 1 aliphatic heterocycles. The van der Waals surface area contributed by atoms with Crippen LogP contribution in [0.15, 0.2) is 35.7 Å². The van der Waals surface area contributed by atoms with Crippen LogP contribution in [0.5, 0.6) is 0 Å². The van der Waals surface area contributed by atoms with E-state index in [9.17, 15) is 22.0 Å². The van der Waals surface area contributed by atoms with Crippen molar-refractivity contribution in [3.05, 3.63) is 52.4 Å². The average Bonchev–Trinajstić information content (AvgIpc) is 3.43. The molecule has 0 spiro atoms. The summed E-state index contributed by atoms with van der Waals surface area (Å²) in [5.74, 6) is -2.77. The second-order valence-corrected chi connectivity index (χ2v) is 9.53. The van der Waals surface area contributed by atoms with Gasteiger partial charge in [-0.05, 0) is 25.0 Å². The third-order valence-electron chi connectivity index (χ3n) is 4.56. The fraction of sp³-hybridized carbons (Fsp3) is 0.294. The number of hydrogen-bond acceptors (Lipinski definition) is 7. The number of imidazole rings is 1. The lowest BCUT2D eigenvalue weighted by atomic mass is 10.2. The van der Waals surface area contributed by atoms with Crippen LogP contribution in [0, 0.1) is 11.6 Å². The van der Waals surface area contributed by atoms with Crippen LogP contribution in [0.4, 0.5) is 14.5 Å². The molecule has 1 amide bonds. The zero-order valence-electron chi connectivity index (χ0n) is 15.6. The lowest BCUT2D eigenvalue weighted by Gasteiger charge is -2.20. The first-order chi connectivity index (χ1) is 14.3. The molecule has 2 aromatic heterocycles. The number of sulfonamides is 1. The van der Waals surface area contributed by atoms with E-state index in [4.69, 9.17) is 0 Å². The van der Waals surface area contributed by atoms with Crippen LogP contribution in [-0.4, -0.2) is 44.9 Å². The van der Waals surface area contributed by atoms with Crippen LogP contribution < -0.4 is 5.32 Å². The number of rotatable bonds is 5. The second-order valence-electron chi connectivity index (χ2n) is 6.68. The predicted molar refractivity (Wildman–Crippen MR) is 103 cm³/mol. The number of benzene rings is 1. The zero-order valence-corrected chi connectivity index (χ0v) is 17.3. The highest BCUT2D eigenvalue weighted by Gasteiger charge is 2.39. The highest BCUT2D eigenvalue weighted by atomic mass is 32.2. The molecule has 1 fully saturated rings. The van der Waals surface area contributed by atoms with E-state index >= 15 is 0 Å². The number of nitrogens with one attached hydrogen (secondary N) is 1. The van der Waals surface area contributed by atoms with Gasteiger partial charge in [-0.25, -0.2) is 22.2 Å². The Morgan fingerprint density at radius 3 is 2.77 bits per heavy atom. The number of anilines is 1. The summed E-state index contributed by atoms with van der Waals surface area (Å²) < 4.78 is 55.1. The number of amides is 1. The zero-order chi connectivity index (χ0) is 21.5. The summed E-state index contributed by atoms with van der Waals surface area (Å²) in [6, 6.07) is 2.42. The van der Waals surface area contributed by atoms with Crippen molar-refractivity contribution in [2.45, 2.75) is 23.9 Å². The van der Waals surface area contributed by atoms with Gasteiger partial charge in [0.1, 0.15) is 5.01 Å². The van der Waals surface area contributed by atoms with Crippen molar-refractivity contribution in [2.24, 2.45) is 7.05 Å². The number of nitrogens with zero attached hydrogens (tertiary/aromatic N) is 5. The third kappa shape index (κ3) is 3.82. The van der Waals surface area contributed by atoms with E-state index in [1.807, 2.05) is 0 Å². The Morgan fingerprint density at radius 1 is 1.27 bits per heavy atom. The number of aryl methyl sites for hydroxylation is 1. The van der Waals surface area contributed by atoms with Crippen LogP contribution in [0.25, 0.3) is 0 Å². The molecule has 1 N–H and O–H groups in total. The van der Waals surface area contributed by atoms with Gasteiger partial charge in [0.05, 0.1) is 12.4 Å². The van der Waals surface area contributed by atoms with Gasteiger partial charge in [-0.15, -0.1) is 10.2 Å². The summed E-state index contributed by atoms with van der Waals surface area (Å²) in [6.07, 6.45) is 3.99. The number of carbonyl (C=O) groups is 1. The largest absolute Gasteiger partial charge is 0.339 e. The highest BCUT2D eigenvalue weighted by molar-refractivity contribution is 7.89. The molecule has 1 aromatic carbocycles. The minimum absolute atomic E-state index is 0.0168. The molecule has 30 heavy (non-hydrogen) atoms. The van der Waals surface area contributed by atoms with Crippen molar-refractivity contribution in [1.82, 2.24) is 24.1 Å². The Balaban J connectivity index is 1.54. The van der Waals surface area contributed by atoms with Crippen LogP contribution >= 0.6 is 11.3 Å². The third-order valence-corrected chi connectivity index (χ3v) is 7.37. The van der Waals surface area contributed by atoms with E-state index in [0.29, 0.717) is 24.4 Å². The summed E-state index contributed by atoms with van der Waals surface area (Å²) in [5.41, 5.74) is 0.0656. The van der Waals surface area contributed by atoms with Crippen LogP contribution in [0.3, 0.4) is 0 Å². The Hall–Kier alpha value is -2.77. The molecule has 0 unspecified atom stereocenters. The topological polar surface area (TPSA) is 110 Å². The lowest BCUT2D eigenvalue weighted by Crippen LogP contribution is -2.31. The molecule has 0 radical (unpaired) electrons. The van der Waals surface area contributed by atoms with Crippen molar-refractivity contribution in [3.63, 3.8) is 0 Å². The van der Waals surface area contributed by atoms with E-state index in [-0.39, 0.29) is 15.7 Å². The van der Waals surface area contributed by atoms with E-state index in [1.54, 1.807) is 11.6 Å². The van der Waals surface area contributed by atoms with E-state index in [0.717, 1.165) is 23.5 Å². The van der Waals surface area contributed by atoms with E-state index in [1.165, 1.54) is 22.9 Å². The van der Waals surface area contributed by atoms with Gasteiger partial charge in [-0.1, -0.05) is 11.3 Å². The minimum atomic E-state index is -3.82. The number of carbonyl (C=O) groups excluding carboxylic acids is 1. The molecule has 13 heteroatoms. The Bertz CT molecular complexity index is 1210.